The van der Waals surface area contributed by atoms with Gasteiger partial charge in [0.2, 0.25) is 0 Å². The van der Waals surface area contributed by atoms with E-state index in [0.717, 1.165) is 42.4 Å². The maximum Gasteiger partial charge on any atom is 0.157 e. The molecule has 0 aliphatic carbocycles. The fourth-order valence-corrected chi connectivity index (χ4v) is 3.37. The van der Waals surface area contributed by atoms with Crippen molar-refractivity contribution in [1.82, 2.24) is 19.9 Å². The Labute approximate surface area is 106 Å². The average molecular weight is 243 g/mol. The number of nitrogens with zero attached hydrogens (tertiary/aromatic N) is 4. The summed E-state index contributed by atoms with van der Waals surface area (Å²) in [4.78, 5) is 11.5. The number of nitrogens with one attached hydrogen (secondary N) is 1. The number of aryl methyl sites for hydroxylation is 1. The van der Waals surface area contributed by atoms with Crippen LogP contribution in [0.15, 0.2) is 18.6 Å². The summed E-state index contributed by atoms with van der Waals surface area (Å²) in [5.41, 5.74) is 2.20. The molecule has 0 aromatic carbocycles. The van der Waals surface area contributed by atoms with Crippen LogP contribution in [0.5, 0.6) is 0 Å². The largest absolute Gasteiger partial charge is 0.350 e. The summed E-state index contributed by atoms with van der Waals surface area (Å²) in [6, 6.07) is 2.64. The number of hydrogen-bond acceptors (Lipinski definition) is 4. The summed E-state index contributed by atoms with van der Waals surface area (Å²) in [5, 5.41) is 3.48. The number of hydrogen-bond donors (Lipinski definition) is 1. The molecule has 2 aliphatic rings. The fraction of sp³-hybridized carbons (Fsp3) is 0.538. The fourth-order valence-electron chi connectivity index (χ4n) is 3.37. The standard InChI is InChI=1S/C13H17N5/c1-17-8-16-12-10(17)2-4-15-13(12)18-5-3-9-6-14-7-11(9)18/h2,4,8-9,11,14H,3,5-7H2,1H3/t9-,11+/m0/s1. The monoisotopic (exact) mass is 243 g/mol. The summed E-state index contributed by atoms with van der Waals surface area (Å²) in [7, 11) is 2.03. The van der Waals surface area contributed by atoms with Crippen molar-refractivity contribution in [2.45, 2.75) is 12.5 Å². The zero-order chi connectivity index (χ0) is 12.1. The second-order valence-corrected chi connectivity index (χ2v) is 5.33. The highest BCUT2D eigenvalue weighted by molar-refractivity contribution is 5.86. The van der Waals surface area contributed by atoms with Crippen molar-refractivity contribution in [3.8, 4) is 0 Å². The van der Waals surface area contributed by atoms with E-state index in [1.165, 1.54) is 6.42 Å². The van der Waals surface area contributed by atoms with Gasteiger partial charge in [-0.05, 0) is 18.4 Å². The molecule has 2 aromatic heterocycles. The first-order chi connectivity index (χ1) is 8.84. The Morgan fingerprint density at radius 3 is 3.22 bits per heavy atom. The second kappa shape index (κ2) is 3.68. The van der Waals surface area contributed by atoms with Gasteiger partial charge in [0.25, 0.3) is 0 Å². The van der Waals surface area contributed by atoms with E-state index >= 15 is 0 Å². The third-order valence-electron chi connectivity index (χ3n) is 4.34. The maximum atomic E-state index is 4.58. The van der Waals surface area contributed by atoms with Gasteiger partial charge in [0.1, 0.15) is 5.52 Å². The molecule has 2 fully saturated rings. The van der Waals surface area contributed by atoms with E-state index in [1.54, 1.807) is 0 Å². The van der Waals surface area contributed by atoms with E-state index in [4.69, 9.17) is 0 Å². The number of rotatable bonds is 1. The minimum atomic E-state index is 0.602. The van der Waals surface area contributed by atoms with Crippen LogP contribution < -0.4 is 10.2 Å². The van der Waals surface area contributed by atoms with Crippen molar-refractivity contribution in [3.05, 3.63) is 18.6 Å². The Balaban J connectivity index is 1.82. The zero-order valence-electron chi connectivity index (χ0n) is 10.5. The van der Waals surface area contributed by atoms with E-state index < -0.39 is 0 Å². The Kier molecular flexibility index (Phi) is 2.11. The molecule has 2 saturated heterocycles. The normalized spacial score (nSPS) is 27.1. The molecule has 0 spiro atoms. The summed E-state index contributed by atoms with van der Waals surface area (Å²) >= 11 is 0. The first-order valence-corrected chi connectivity index (χ1v) is 6.58. The topological polar surface area (TPSA) is 46.0 Å². The predicted molar refractivity (Wildman–Crippen MR) is 70.6 cm³/mol. The molecular formula is C13H17N5. The van der Waals surface area contributed by atoms with E-state index in [0.29, 0.717) is 6.04 Å². The van der Waals surface area contributed by atoms with Crippen LogP contribution in [0.25, 0.3) is 11.0 Å². The Morgan fingerprint density at radius 2 is 2.28 bits per heavy atom. The van der Waals surface area contributed by atoms with Crippen LogP contribution in [0, 0.1) is 5.92 Å². The van der Waals surface area contributed by atoms with Crippen LogP contribution in [0.3, 0.4) is 0 Å². The quantitative estimate of drug-likeness (QED) is 0.803. The van der Waals surface area contributed by atoms with Crippen LogP contribution in [0.1, 0.15) is 6.42 Å². The van der Waals surface area contributed by atoms with Crippen LogP contribution in [0.4, 0.5) is 5.82 Å². The molecule has 4 rings (SSSR count). The number of pyridine rings is 1. The smallest absolute Gasteiger partial charge is 0.157 e. The molecule has 0 amide bonds. The van der Waals surface area contributed by atoms with Gasteiger partial charge in [0.15, 0.2) is 5.82 Å². The minimum absolute atomic E-state index is 0.602. The lowest BCUT2D eigenvalue weighted by atomic mass is 10.1. The molecule has 2 aromatic rings. The van der Waals surface area contributed by atoms with E-state index in [-0.39, 0.29) is 0 Å². The van der Waals surface area contributed by atoms with E-state index in [9.17, 15) is 0 Å². The number of fused-ring (bicyclic) bond motifs is 2. The summed E-state index contributed by atoms with van der Waals surface area (Å²) in [6.45, 7) is 3.34. The molecule has 0 unspecified atom stereocenters. The van der Waals surface area contributed by atoms with Gasteiger partial charge >= 0.3 is 0 Å². The SMILES string of the molecule is Cn1cnc2c(N3CC[C@H]4CNC[C@H]43)nccc21. The molecular weight excluding hydrogens is 226 g/mol. The number of anilines is 1. The van der Waals surface area contributed by atoms with Crippen molar-refractivity contribution >= 4 is 16.9 Å². The molecule has 0 radical (unpaired) electrons. The highest BCUT2D eigenvalue weighted by Crippen LogP contribution is 2.33. The highest BCUT2D eigenvalue weighted by Gasteiger charge is 2.38. The molecule has 4 heterocycles. The number of aromatic nitrogens is 3. The Hall–Kier alpha value is -1.62. The van der Waals surface area contributed by atoms with Gasteiger partial charge in [-0.25, -0.2) is 9.97 Å². The third kappa shape index (κ3) is 1.31. The molecule has 0 bridgehead atoms. The van der Waals surface area contributed by atoms with Crippen LogP contribution in [-0.4, -0.2) is 40.2 Å². The van der Waals surface area contributed by atoms with Gasteiger partial charge in [0, 0.05) is 38.9 Å². The van der Waals surface area contributed by atoms with Gasteiger partial charge in [0.05, 0.1) is 11.8 Å². The third-order valence-corrected chi connectivity index (χ3v) is 4.34. The number of imidazole rings is 1. The van der Waals surface area contributed by atoms with Crippen LogP contribution in [0.2, 0.25) is 0 Å². The zero-order valence-corrected chi connectivity index (χ0v) is 10.5. The minimum Gasteiger partial charge on any atom is -0.350 e. The van der Waals surface area contributed by atoms with Crippen molar-refractivity contribution in [3.63, 3.8) is 0 Å². The van der Waals surface area contributed by atoms with Crippen molar-refractivity contribution in [2.75, 3.05) is 24.5 Å². The first kappa shape index (κ1) is 10.3. The van der Waals surface area contributed by atoms with Crippen molar-refractivity contribution in [1.29, 1.82) is 0 Å². The van der Waals surface area contributed by atoms with E-state index in [1.807, 2.05) is 25.6 Å². The van der Waals surface area contributed by atoms with E-state index in [2.05, 4.69) is 24.8 Å². The second-order valence-electron chi connectivity index (χ2n) is 5.33. The molecule has 5 nitrogen and oxygen atoms in total. The van der Waals surface area contributed by atoms with Gasteiger partial charge in [-0.3, -0.25) is 0 Å². The molecule has 1 N–H and O–H groups in total. The first-order valence-electron chi connectivity index (χ1n) is 6.58. The predicted octanol–water partition coefficient (Wildman–Crippen LogP) is 0.766. The van der Waals surface area contributed by atoms with Gasteiger partial charge in [-0.2, -0.15) is 0 Å². The lowest BCUT2D eigenvalue weighted by molar-refractivity contribution is 0.578. The van der Waals surface area contributed by atoms with Crippen LogP contribution in [-0.2, 0) is 7.05 Å². The van der Waals surface area contributed by atoms with Gasteiger partial charge in [-0.1, -0.05) is 0 Å². The molecule has 94 valence electrons. The Bertz CT molecular complexity index is 590. The molecule has 0 saturated carbocycles. The molecule has 2 atom stereocenters. The lowest BCUT2D eigenvalue weighted by Gasteiger charge is -2.24. The van der Waals surface area contributed by atoms with Crippen LogP contribution >= 0.6 is 0 Å². The summed E-state index contributed by atoms with van der Waals surface area (Å²) in [5.74, 6) is 1.84. The maximum absolute atomic E-state index is 4.58. The molecule has 5 heteroatoms. The molecule has 18 heavy (non-hydrogen) atoms. The Morgan fingerprint density at radius 1 is 1.33 bits per heavy atom. The average Bonchev–Trinajstić information content (AvgIpc) is 3.04. The summed E-state index contributed by atoms with van der Waals surface area (Å²) in [6.07, 6.45) is 5.04. The van der Waals surface area contributed by atoms with Crippen molar-refractivity contribution < 1.29 is 0 Å². The van der Waals surface area contributed by atoms with Crippen molar-refractivity contribution in [2.24, 2.45) is 13.0 Å². The van der Waals surface area contributed by atoms with Gasteiger partial charge in [-0.15, -0.1) is 0 Å². The summed E-state index contributed by atoms with van der Waals surface area (Å²) < 4.78 is 2.06. The van der Waals surface area contributed by atoms with Gasteiger partial charge < -0.3 is 14.8 Å². The highest BCUT2D eigenvalue weighted by atomic mass is 15.3. The lowest BCUT2D eigenvalue weighted by Crippen LogP contribution is -2.34. The molecule has 2 aliphatic heterocycles.